The van der Waals surface area contributed by atoms with Gasteiger partial charge in [-0.2, -0.15) is 0 Å². The van der Waals surface area contributed by atoms with E-state index in [9.17, 15) is 19.8 Å². The van der Waals surface area contributed by atoms with E-state index in [-0.39, 0.29) is 13.0 Å². The molecule has 9 nitrogen and oxygen atoms in total. The van der Waals surface area contributed by atoms with Crippen molar-refractivity contribution in [2.75, 3.05) is 6.61 Å². The number of unbranched alkanes of at least 4 members (excludes halogenated alkanes) is 1. The monoisotopic (exact) mass is 501 g/mol. The van der Waals surface area contributed by atoms with E-state index >= 15 is 0 Å². The Morgan fingerprint density at radius 2 is 1.44 bits per heavy atom. The summed E-state index contributed by atoms with van der Waals surface area (Å²) in [4.78, 5) is 25.2. The molecule has 0 radical (unpaired) electrons. The van der Waals surface area contributed by atoms with Gasteiger partial charge >= 0.3 is 12.1 Å². The normalized spacial score (nSPS) is 13.5. The molecule has 0 fully saturated rings. The second kappa shape index (κ2) is 13.4. The Kier molecular flexibility index (Phi) is 10.9. The maximum Gasteiger partial charge on any atom is 0.424 e. The number of aryl methyl sites for hydroxylation is 2. The number of aliphatic hydroxyl groups is 2. The summed E-state index contributed by atoms with van der Waals surface area (Å²) in [5.74, 6) is 2.11. The number of ether oxygens (including phenoxy) is 2. The average molecular weight is 502 g/mol. The van der Waals surface area contributed by atoms with Gasteiger partial charge in [0.05, 0.1) is 6.61 Å². The third kappa shape index (κ3) is 9.23. The molecule has 2 aromatic rings. The first kappa shape index (κ1) is 29.3. The summed E-state index contributed by atoms with van der Waals surface area (Å²) in [5.41, 5.74) is 7.07. The molecule has 0 aromatic heterocycles. The molecule has 0 aliphatic heterocycles. The Hall–Kier alpha value is -2.98. The highest BCUT2D eigenvalue weighted by atomic mass is 16.6. The molecule has 36 heavy (non-hydrogen) atoms. The molecule has 2 aromatic carbocycles. The highest BCUT2D eigenvalue weighted by Crippen LogP contribution is 2.23. The SMILES string of the molecule is CC(C)(C)OC(=O)C(N)C(O)(O)C(CCc1ccccc1)N(N)C(=O)OCCCCc1ccccc1. The predicted molar refractivity (Wildman–Crippen MR) is 136 cm³/mol. The van der Waals surface area contributed by atoms with E-state index in [1.807, 2.05) is 60.7 Å². The van der Waals surface area contributed by atoms with E-state index < -0.39 is 35.5 Å². The molecular formula is C27H39N3O6. The Balaban J connectivity index is 2.05. The third-order valence-electron chi connectivity index (χ3n) is 5.63. The van der Waals surface area contributed by atoms with Gasteiger partial charge in [-0.15, -0.1) is 0 Å². The molecule has 0 aliphatic rings. The van der Waals surface area contributed by atoms with Crippen molar-refractivity contribution in [1.82, 2.24) is 5.01 Å². The predicted octanol–water partition coefficient (Wildman–Crippen LogP) is 2.67. The number of carbonyl (C=O) groups is 2. The van der Waals surface area contributed by atoms with Gasteiger partial charge in [-0.05, 0) is 64.0 Å². The maximum atomic E-state index is 12.7. The van der Waals surface area contributed by atoms with E-state index in [0.29, 0.717) is 17.9 Å². The summed E-state index contributed by atoms with van der Waals surface area (Å²) >= 11 is 0. The molecule has 9 heteroatoms. The number of carbonyl (C=O) groups excluding carboxylic acids is 2. The van der Waals surface area contributed by atoms with Gasteiger partial charge in [-0.25, -0.2) is 15.6 Å². The lowest BCUT2D eigenvalue weighted by molar-refractivity contribution is -0.227. The first-order valence-electron chi connectivity index (χ1n) is 12.1. The van der Waals surface area contributed by atoms with Crippen LogP contribution in [0.2, 0.25) is 0 Å². The third-order valence-corrected chi connectivity index (χ3v) is 5.63. The van der Waals surface area contributed by atoms with E-state index in [2.05, 4.69) is 0 Å². The van der Waals surface area contributed by atoms with Gasteiger partial charge < -0.3 is 25.4 Å². The van der Waals surface area contributed by atoms with Crippen molar-refractivity contribution in [3.63, 3.8) is 0 Å². The van der Waals surface area contributed by atoms with Crippen LogP contribution in [0, 0.1) is 0 Å². The van der Waals surface area contributed by atoms with Crippen molar-refractivity contribution in [3.8, 4) is 0 Å². The molecule has 1 amide bonds. The molecule has 0 spiro atoms. The van der Waals surface area contributed by atoms with Gasteiger partial charge in [-0.1, -0.05) is 60.7 Å². The van der Waals surface area contributed by atoms with Gasteiger partial charge in [0.2, 0.25) is 5.79 Å². The number of rotatable bonds is 12. The lowest BCUT2D eigenvalue weighted by atomic mass is 9.93. The highest BCUT2D eigenvalue weighted by Gasteiger charge is 2.49. The smallest absolute Gasteiger partial charge is 0.424 e. The number of nitrogens with two attached hydrogens (primary N) is 2. The van der Waals surface area contributed by atoms with Crippen LogP contribution < -0.4 is 11.6 Å². The number of esters is 1. The van der Waals surface area contributed by atoms with Crippen LogP contribution in [0.1, 0.15) is 51.2 Å². The molecule has 0 saturated carbocycles. The molecule has 2 unspecified atom stereocenters. The van der Waals surface area contributed by atoms with Gasteiger partial charge in [0.1, 0.15) is 11.6 Å². The summed E-state index contributed by atoms with van der Waals surface area (Å²) in [6.07, 6.45) is 1.64. The summed E-state index contributed by atoms with van der Waals surface area (Å²) < 4.78 is 10.5. The molecular weight excluding hydrogens is 462 g/mol. The van der Waals surface area contributed by atoms with Crippen LogP contribution in [-0.4, -0.2) is 57.4 Å². The number of benzene rings is 2. The van der Waals surface area contributed by atoms with Crippen molar-refractivity contribution in [2.45, 2.75) is 76.3 Å². The van der Waals surface area contributed by atoms with Crippen LogP contribution in [0.5, 0.6) is 0 Å². The standard InChI is InChI=1S/C27H39N3O6/c1-26(2,3)36-24(31)23(28)27(33,34)22(18-17-21-14-8-5-9-15-21)30(29)25(32)35-19-11-10-16-20-12-6-4-7-13-20/h4-9,12-15,22-23,33-34H,10-11,16-19,28-29H2,1-3H3. The fraction of sp³-hybridized carbons (Fsp3) is 0.481. The van der Waals surface area contributed by atoms with Crippen LogP contribution >= 0.6 is 0 Å². The number of amides is 1. The van der Waals surface area contributed by atoms with E-state index in [0.717, 1.165) is 18.4 Å². The van der Waals surface area contributed by atoms with Crippen molar-refractivity contribution in [1.29, 1.82) is 0 Å². The minimum Gasteiger partial charge on any atom is -0.459 e. The fourth-order valence-corrected chi connectivity index (χ4v) is 3.69. The molecule has 0 aliphatic carbocycles. The molecule has 2 rings (SSSR count). The Morgan fingerprint density at radius 3 is 1.97 bits per heavy atom. The lowest BCUT2D eigenvalue weighted by Crippen LogP contribution is -2.67. The first-order valence-corrected chi connectivity index (χ1v) is 12.1. The van der Waals surface area contributed by atoms with E-state index in [1.165, 1.54) is 5.56 Å². The fourth-order valence-electron chi connectivity index (χ4n) is 3.69. The second-order valence-corrected chi connectivity index (χ2v) is 9.80. The molecule has 6 N–H and O–H groups in total. The molecule has 2 atom stereocenters. The quantitative estimate of drug-likeness (QED) is 0.0866. The Morgan fingerprint density at radius 1 is 0.917 bits per heavy atom. The summed E-state index contributed by atoms with van der Waals surface area (Å²) in [6, 6.07) is 15.9. The Labute approximate surface area is 213 Å². The van der Waals surface area contributed by atoms with Crippen molar-refractivity contribution >= 4 is 12.1 Å². The Bertz CT molecular complexity index is 947. The number of hydrogen-bond donors (Lipinski definition) is 4. The highest BCUT2D eigenvalue weighted by molar-refractivity contribution is 5.77. The lowest BCUT2D eigenvalue weighted by Gasteiger charge is -2.39. The zero-order chi connectivity index (χ0) is 26.8. The van der Waals surface area contributed by atoms with Gasteiger partial charge in [0, 0.05) is 0 Å². The van der Waals surface area contributed by atoms with Gasteiger partial charge in [0.25, 0.3) is 0 Å². The summed E-state index contributed by atoms with van der Waals surface area (Å²) in [7, 11) is 0. The number of nitrogens with zero attached hydrogens (tertiary/aromatic N) is 1. The van der Waals surface area contributed by atoms with Gasteiger partial charge in [-0.3, -0.25) is 4.79 Å². The topological polar surface area (TPSA) is 148 Å². The largest absolute Gasteiger partial charge is 0.459 e. The van der Waals surface area contributed by atoms with Crippen LogP contribution in [0.25, 0.3) is 0 Å². The minimum atomic E-state index is -2.88. The zero-order valence-electron chi connectivity index (χ0n) is 21.3. The van der Waals surface area contributed by atoms with E-state index in [1.54, 1.807) is 20.8 Å². The van der Waals surface area contributed by atoms with Crippen LogP contribution in [-0.2, 0) is 27.1 Å². The summed E-state index contributed by atoms with van der Waals surface area (Å²) in [6.45, 7) is 4.99. The first-order chi connectivity index (χ1) is 16.9. The number of hydrogen-bond acceptors (Lipinski definition) is 8. The zero-order valence-corrected chi connectivity index (χ0v) is 21.3. The molecule has 0 heterocycles. The van der Waals surface area contributed by atoms with Crippen LogP contribution in [0.15, 0.2) is 60.7 Å². The van der Waals surface area contributed by atoms with E-state index in [4.69, 9.17) is 21.1 Å². The molecule has 0 bridgehead atoms. The second-order valence-electron chi connectivity index (χ2n) is 9.80. The molecule has 198 valence electrons. The van der Waals surface area contributed by atoms with Crippen LogP contribution in [0.4, 0.5) is 4.79 Å². The number of hydrazine groups is 1. The van der Waals surface area contributed by atoms with Crippen LogP contribution in [0.3, 0.4) is 0 Å². The van der Waals surface area contributed by atoms with Crippen molar-refractivity contribution in [2.24, 2.45) is 11.6 Å². The maximum absolute atomic E-state index is 12.7. The molecule has 0 saturated heterocycles. The average Bonchev–Trinajstić information content (AvgIpc) is 2.83. The van der Waals surface area contributed by atoms with Gasteiger partial charge in [0.15, 0.2) is 6.04 Å². The summed E-state index contributed by atoms with van der Waals surface area (Å²) in [5, 5.41) is 22.5. The van der Waals surface area contributed by atoms with Crippen molar-refractivity contribution < 1.29 is 29.3 Å². The van der Waals surface area contributed by atoms with Crippen molar-refractivity contribution in [3.05, 3.63) is 71.8 Å². The minimum absolute atomic E-state index is 0.00706.